The summed E-state index contributed by atoms with van der Waals surface area (Å²) in [7, 11) is 0. The van der Waals surface area contributed by atoms with Crippen LogP contribution in [0.15, 0.2) is 36.0 Å². The van der Waals surface area contributed by atoms with Crippen molar-refractivity contribution in [1.82, 2.24) is 0 Å². The van der Waals surface area contributed by atoms with Gasteiger partial charge in [-0.05, 0) is 52.4 Å². The van der Waals surface area contributed by atoms with Crippen LogP contribution in [0.1, 0.15) is 59.8 Å². The molecule has 0 spiro atoms. The highest BCUT2D eigenvalue weighted by molar-refractivity contribution is 5.21. The molecule has 0 rings (SSSR count). The summed E-state index contributed by atoms with van der Waals surface area (Å²) in [5.41, 5.74) is 3.96. The zero-order chi connectivity index (χ0) is 12.6. The summed E-state index contributed by atoms with van der Waals surface area (Å²) in [5.74, 6) is 0.666. The molecule has 0 N–H and O–H groups in total. The minimum atomic E-state index is 0.666. The minimum absolute atomic E-state index is 0.666. The van der Waals surface area contributed by atoms with E-state index in [-0.39, 0.29) is 0 Å². The minimum Gasteiger partial charge on any atom is -0.100 e. The van der Waals surface area contributed by atoms with Gasteiger partial charge in [-0.15, -0.1) is 6.58 Å². The smallest absolute Gasteiger partial charge is 0.0168 e. The third-order valence-corrected chi connectivity index (χ3v) is 2.79. The van der Waals surface area contributed by atoms with E-state index in [9.17, 15) is 0 Å². The van der Waals surface area contributed by atoms with Crippen LogP contribution in [0.2, 0.25) is 0 Å². The average molecular weight is 220 g/mol. The number of rotatable bonds is 8. The highest BCUT2D eigenvalue weighted by atomic mass is 14.1. The molecule has 0 aromatic rings. The van der Waals surface area contributed by atoms with Gasteiger partial charge in [-0.25, -0.2) is 0 Å². The predicted molar refractivity (Wildman–Crippen MR) is 75.6 cm³/mol. The summed E-state index contributed by atoms with van der Waals surface area (Å²) in [6, 6.07) is 0. The van der Waals surface area contributed by atoms with Crippen molar-refractivity contribution in [3.8, 4) is 0 Å². The Kier molecular flexibility index (Phi) is 7.97. The third-order valence-electron chi connectivity index (χ3n) is 2.79. The molecule has 0 aromatic heterocycles. The molecule has 92 valence electrons. The second-order valence-corrected chi connectivity index (χ2v) is 5.13. The lowest BCUT2D eigenvalue weighted by molar-refractivity contribution is 0.500. The molecule has 1 atom stereocenters. The molecule has 0 bridgehead atoms. The van der Waals surface area contributed by atoms with E-state index in [4.69, 9.17) is 0 Å². The van der Waals surface area contributed by atoms with Crippen LogP contribution in [-0.4, -0.2) is 0 Å². The second-order valence-electron chi connectivity index (χ2n) is 5.13. The molecule has 0 aliphatic carbocycles. The van der Waals surface area contributed by atoms with Crippen LogP contribution in [-0.2, 0) is 0 Å². The van der Waals surface area contributed by atoms with Crippen molar-refractivity contribution in [2.45, 2.75) is 59.8 Å². The van der Waals surface area contributed by atoms with Gasteiger partial charge in [0.05, 0.1) is 0 Å². The predicted octanol–water partition coefficient (Wildman–Crippen LogP) is 5.67. The maximum absolute atomic E-state index is 4.21. The van der Waals surface area contributed by atoms with E-state index >= 15 is 0 Å². The van der Waals surface area contributed by atoms with Crippen molar-refractivity contribution < 1.29 is 0 Å². The van der Waals surface area contributed by atoms with Gasteiger partial charge >= 0.3 is 0 Å². The van der Waals surface area contributed by atoms with Crippen LogP contribution in [0.5, 0.6) is 0 Å². The van der Waals surface area contributed by atoms with Crippen molar-refractivity contribution in [3.63, 3.8) is 0 Å². The second kappa shape index (κ2) is 8.38. The van der Waals surface area contributed by atoms with Crippen molar-refractivity contribution in [2.24, 2.45) is 5.92 Å². The van der Waals surface area contributed by atoms with E-state index in [0.717, 1.165) is 6.42 Å². The topological polar surface area (TPSA) is 0 Å². The van der Waals surface area contributed by atoms with Gasteiger partial charge in [0, 0.05) is 0 Å². The Morgan fingerprint density at radius 1 is 1.12 bits per heavy atom. The number of hydrogen-bond donors (Lipinski definition) is 0. The Hall–Kier alpha value is -0.780. The van der Waals surface area contributed by atoms with E-state index < -0.39 is 0 Å². The Balaban J connectivity index is 4.20. The van der Waals surface area contributed by atoms with Gasteiger partial charge in [0.15, 0.2) is 0 Å². The Bertz CT molecular complexity index is 251. The van der Waals surface area contributed by atoms with Gasteiger partial charge in [0.2, 0.25) is 0 Å². The first-order valence-corrected chi connectivity index (χ1v) is 6.45. The first-order valence-electron chi connectivity index (χ1n) is 6.45. The summed E-state index contributed by atoms with van der Waals surface area (Å²) in [6.07, 6.45) is 8.40. The molecule has 0 aliphatic heterocycles. The van der Waals surface area contributed by atoms with E-state index in [1.807, 2.05) is 0 Å². The molecule has 0 aliphatic rings. The molecule has 0 saturated heterocycles. The SMILES string of the molecule is C=C(C)CCCC(CCC)C(=C)C=C(C)C. The van der Waals surface area contributed by atoms with Gasteiger partial charge in [-0.3, -0.25) is 0 Å². The van der Waals surface area contributed by atoms with E-state index in [0.29, 0.717) is 5.92 Å². The molecule has 0 aromatic carbocycles. The van der Waals surface area contributed by atoms with Gasteiger partial charge in [0.25, 0.3) is 0 Å². The van der Waals surface area contributed by atoms with Crippen molar-refractivity contribution in [2.75, 3.05) is 0 Å². The van der Waals surface area contributed by atoms with Gasteiger partial charge in [-0.1, -0.05) is 42.7 Å². The number of allylic oxidation sites excluding steroid dienone is 4. The van der Waals surface area contributed by atoms with Gasteiger partial charge in [-0.2, -0.15) is 0 Å². The fraction of sp³-hybridized carbons (Fsp3) is 0.625. The summed E-state index contributed by atoms with van der Waals surface area (Å²) < 4.78 is 0. The lowest BCUT2D eigenvalue weighted by Gasteiger charge is -2.17. The molecule has 0 saturated carbocycles. The lowest BCUT2D eigenvalue weighted by Crippen LogP contribution is -2.02. The number of hydrogen-bond acceptors (Lipinski definition) is 0. The average Bonchev–Trinajstić information content (AvgIpc) is 2.14. The fourth-order valence-electron chi connectivity index (χ4n) is 2.00. The summed E-state index contributed by atoms with van der Waals surface area (Å²) in [6.45, 7) is 16.8. The highest BCUT2D eigenvalue weighted by Gasteiger charge is 2.09. The van der Waals surface area contributed by atoms with Crippen LogP contribution < -0.4 is 0 Å². The Labute approximate surface area is 102 Å². The molecule has 16 heavy (non-hydrogen) atoms. The quantitative estimate of drug-likeness (QED) is 0.365. The van der Waals surface area contributed by atoms with Crippen LogP contribution >= 0.6 is 0 Å². The highest BCUT2D eigenvalue weighted by Crippen LogP contribution is 2.24. The molecule has 0 heteroatoms. The van der Waals surface area contributed by atoms with E-state index in [1.165, 1.54) is 42.4 Å². The molecule has 0 heterocycles. The summed E-state index contributed by atoms with van der Waals surface area (Å²) in [4.78, 5) is 0. The van der Waals surface area contributed by atoms with Crippen molar-refractivity contribution in [3.05, 3.63) is 36.0 Å². The van der Waals surface area contributed by atoms with Crippen LogP contribution in [0.25, 0.3) is 0 Å². The summed E-state index contributed by atoms with van der Waals surface area (Å²) >= 11 is 0. The zero-order valence-corrected chi connectivity index (χ0v) is 11.6. The maximum atomic E-state index is 4.21. The van der Waals surface area contributed by atoms with Crippen LogP contribution in [0.3, 0.4) is 0 Å². The molecular formula is C16H28. The van der Waals surface area contributed by atoms with Crippen molar-refractivity contribution in [1.29, 1.82) is 0 Å². The molecule has 1 unspecified atom stereocenters. The molecular weight excluding hydrogens is 192 g/mol. The molecule has 0 amide bonds. The Morgan fingerprint density at radius 3 is 2.19 bits per heavy atom. The van der Waals surface area contributed by atoms with Crippen LogP contribution in [0, 0.1) is 5.92 Å². The van der Waals surface area contributed by atoms with Gasteiger partial charge < -0.3 is 0 Å². The Morgan fingerprint density at radius 2 is 1.75 bits per heavy atom. The monoisotopic (exact) mass is 220 g/mol. The standard InChI is InChI=1S/C16H28/c1-7-9-16(11-8-10-13(2)3)15(6)12-14(4)5/h12,16H,2,6-11H2,1,3-5H3. The normalized spacial score (nSPS) is 12.0. The third kappa shape index (κ3) is 7.50. The van der Waals surface area contributed by atoms with Gasteiger partial charge in [0.1, 0.15) is 0 Å². The zero-order valence-electron chi connectivity index (χ0n) is 11.6. The largest absolute Gasteiger partial charge is 0.100 e. The molecule has 0 radical (unpaired) electrons. The van der Waals surface area contributed by atoms with Crippen LogP contribution in [0.4, 0.5) is 0 Å². The van der Waals surface area contributed by atoms with E-state index in [2.05, 4.69) is 46.9 Å². The lowest BCUT2D eigenvalue weighted by atomic mass is 9.89. The molecule has 0 nitrogen and oxygen atoms in total. The summed E-state index contributed by atoms with van der Waals surface area (Å²) in [5, 5.41) is 0. The molecule has 0 fully saturated rings. The maximum Gasteiger partial charge on any atom is -0.0168 e. The first kappa shape index (κ1) is 15.2. The van der Waals surface area contributed by atoms with E-state index in [1.54, 1.807) is 0 Å². The van der Waals surface area contributed by atoms with Crippen molar-refractivity contribution >= 4 is 0 Å². The fourth-order valence-corrected chi connectivity index (χ4v) is 2.00. The first-order chi connectivity index (χ1) is 7.47.